The lowest BCUT2D eigenvalue weighted by Gasteiger charge is -2.22. The Bertz CT molecular complexity index is 816. The summed E-state index contributed by atoms with van der Waals surface area (Å²) in [4.78, 5) is 6.85. The zero-order valence-electron chi connectivity index (χ0n) is 16.6. The van der Waals surface area contributed by atoms with E-state index in [1.165, 1.54) is 0 Å². The second-order valence-electron chi connectivity index (χ2n) is 6.61. The minimum absolute atomic E-state index is 0.236. The van der Waals surface area contributed by atoms with Gasteiger partial charge in [0.15, 0.2) is 0 Å². The van der Waals surface area contributed by atoms with E-state index in [0.717, 1.165) is 38.8 Å². The molecule has 7 heteroatoms. The van der Waals surface area contributed by atoms with Gasteiger partial charge in [0.05, 0.1) is 12.0 Å². The quantitative estimate of drug-likeness (QED) is 0.598. The van der Waals surface area contributed by atoms with Gasteiger partial charge in [0.2, 0.25) is 10.0 Å². The monoisotopic (exact) mass is 393 g/mol. The average molecular weight is 394 g/mol. The van der Waals surface area contributed by atoms with Gasteiger partial charge >= 0.3 is 0 Å². The molecular weight excluding hydrogens is 362 g/mol. The molecule has 0 spiro atoms. The Morgan fingerprint density at radius 1 is 1.07 bits per heavy atom. The van der Waals surface area contributed by atoms with Crippen molar-refractivity contribution >= 4 is 20.9 Å². The molecule has 0 bridgehead atoms. The average Bonchev–Trinajstić information content (AvgIpc) is 2.68. The molecule has 0 saturated heterocycles. The summed E-state index contributed by atoms with van der Waals surface area (Å²) in [5.41, 5.74) is 0.551. The Hall–Kier alpha value is -1.70. The third kappa shape index (κ3) is 5.89. The summed E-state index contributed by atoms with van der Waals surface area (Å²) >= 11 is 0. The number of benzene rings is 1. The van der Waals surface area contributed by atoms with Gasteiger partial charge in [-0.2, -0.15) is 0 Å². The lowest BCUT2D eigenvalue weighted by atomic mass is 10.2. The number of aromatic nitrogens is 1. The van der Waals surface area contributed by atoms with Crippen molar-refractivity contribution in [1.82, 2.24) is 14.6 Å². The first-order valence-corrected chi connectivity index (χ1v) is 11.2. The van der Waals surface area contributed by atoms with E-state index < -0.39 is 10.0 Å². The summed E-state index contributed by atoms with van der Waals surface area (Å²) in [6.45, 7) is 7.46. The van der Waals surface area contributed by atoms with Gasteiger partial charge in [-0.1, -0.05) is 26.7 Å². The van der Waals surface area contributed by atoms with Gasteiger partial charge in [-0.25, -0.2) is 13.1 Å². The van der Waals surface area contributed by atoms with E-state index in [-0.39, 0.29) is 4.90 Å². The third-order valence-electron chi connectivity index (χ3n) is 4.58. The van der Waals surface area contributed by atoms with E-state index in [2.05, 4.69) is 28.5 Å². The Kier molecular flexibility index (Phi) is 8.47. The highest BCUT2D eigenvalue weighted by molar-refractivity contribution is 7.89. The Labute approximate surface area is 163 Å². The fourth-order valence-electron chi connectivity index (χ4n) is 3.03. The first-order chi connectivity index (χ1) is 13.0. The fraction of sp³-hybridized carbons (Fsp3) is 0.550. The van der Waals surface area contributed by atoms with Crippen LogP contribution < -0.4 is 9.46 Å². The number of rotatable bonds is 12. The van der Waals surface area contributed by atoms with Crippen molar-refractivity contribution < 1.29 is 13.2 Å². The SMILES string of the molecule is CCCCN(CCCC)CCNS(=O)(=O)c1ccc(OC)c2ncccc12. The first-order valence-electron chi connectivity index (χ1n) is 9.67. The zero-order valence-corrected chi connectivity index (χ0v) is 17.4. The number of nitrogens with zero attached hydrogens (tertiary/aromatic N) is 2. The van der Waals surface area contributed by atoms with Crippen molar-refractivity contribution in [3.05, 3.63) is 30.5 Å². The maximum Gasteiger partial charge on any atom is 0.241 e. The molecule has 0 aliphatic carbocycles. The molecule has 2 aromatic rings. The number of fused-ring (bicyclic) bond motifs is 1. The maximum absolute atomic E-state index is 12.9. The summed E-state index contributed by atoms with van der Waals surface area (Å²) in [6.07, 6.45) is 6.17. The Balaban J connectivity index is 2.11. The molecule has 2 rings (SSSR count). The van der Waals surface area contributed by atoms with Crippen LogP contribution in [0.15, 0.2) is 35.4 Å². The lowest BCUT2D eigenvalue weighted by Crippen LogP contribution is -2.36. The van der Waals surface area contributed by atoms with E-state index in [1.807, 2.05) is 0 Å². The van der Waals surface area contributed by atoms with Crippen molar-refractivity contribution in [1.29, 1.82) is 0 Å². The van der Waals surface area contributed by atoms with Gasteiger partial charge in [0, 0.05) is 24.7 Å². The molecule has 0 atom stereocenters. The van der Waals surface area contributed by atoms with Gasteiger partial charge in [0.25, 0.3) is 0 Å². The fourth-order valence-corrected chi connectivity index (χ4v) is 4.25. The standard InChI is InChI=1S/C20H31N3O3S/c1-4-6-14-23(15-7-5-2)16-13-22-27(24,25)19-11-10-18(26-3)20-17(19)9-8-12-21-20/h8-12,22H,4-7,13-16H2,1-3H3. The summed E-state index contributed by atoms with van der Waals surface area (Å²) < 4.78 is 33.8. The molecule has 0 unspecified atom stereocenters. The second kappa shape index (κ2) is 10.6. The van der Waals surface area contributed by atoms with Crippen LogP contribution in [0.2, 0.25) is 0 Å². The molecule has 0 fully saturated rings. The van der Waals surface area contributed by atoms with Gasteiger partial charge in [-0.05, 0) is 50.2 Å². The number of pyridine rings is 1. The van der Waals surface area contributed by atoms with Crippen molar-refractivity contribution in [3.63, 3.8) is 0 Å². The van der Waals surface area contributed by atoms with Crippen LogP contribution in [0, 0.1) is 0 Å². The van der Waals surface area contributed by atoms with E-state index in [4.69, 9.17) is 4.74 Å². The minimum Gasteiger partial charge on any atom is -0.494 e. The predicted molar refractivity (Wildman–Crippen MR) is 110 cm³/mol. The third-order valence-corrected chi connectivity index (χ3v) is 6.10. The number of ether oxygens (including phenoxy) is 1. The molecule has 1 aromatic carbocycles. The molecule has 0 aliphatic heterocycles. The minimum atomic E-state index is -3.62. The van der Waals surface area contributed by atoms with Crippen molar-refractivity contribution in [2.45, 2.75) is 44.4 Å². The highest BCUT2D eigenvalue weighted by Gasteiger charge is 2.19. The number of hydrogen-bond acceptors (Lipinski definition) is 5. The zero-order chi connectivity index (χ0) is 19.7. The summed E-state index contributed by atoms with van der Waals surface area (Å²) in [7, 11) is -2.07. The van der Waals surface area contributed by atoms with Crippen LogP contribution in [0.5, 0.6) is 5.75 Å². The van der Waals surface area contributed by atoms with Crippen LogP contribution in [0.25, 0.3) is 10.9 Å². The van der Waals surface area contributed by atoms with Gasteiger partial charge < -0.3 is 9.64 Å². The van der Waals surface area contributed by atoms with Crippen molar-refractivity contribution in [2.24, 2.45) is 0 Å². The molecule has 1 N–H and O–H groups in total. The molecule has 150 valence electrons. The normalized spacial score (nSPS) is 12.0. The number of methoxy groups -OCH3 is 1. The lowest BCUT2D eigenvalue weighted by molar-refractivity contribution is 0.269. The van der Waals surface area contributed by atoms with E-state index in [1.54, 1.807) is 37.6 Å². The number of hydrogen-bond donors (Lipinski definition) is 1. The largest absolute Gasteiger partial charge is 0.494 e. The number of unbranched alkanes of at least 4 members (excludes halogenated alkanes) is 2. The Morgan fingerprint density at radius 2 is 1.78 bits per heavy atom. The summed E-state index contributed by atoms with van der Waals surface area (Å²) in [5, 5.41) is 0.568. The molecule has 0 saturated carbocycles. The predicted octanol–water partition coefficient (Wildman–Crippen LogP) is 3.42. The van der Waals surface area contributed by atoms with Crippen LogP contribution in [0.1, 0.15) is 39.5 Å². The molecule has 0 aliphatic rings. The van der Waals surface area contributed by atoms with Crippen molar-refractivity contribution in [3.8, 4) is 5.75 Å². The molecular formula is C20H31N3O3S. The molecule has 1 aromatic heterocycles. The first kappa shape index (κ1) is 21.6. The van der Waals surface area contributed by atoms with Crippen LogP contribution in [-0.2, 0) is 10.0 Å². The Morgan fingerprint density at radius 3 is 2.41 bits per heavy atom. The molecule has 0 radical (unpaired) electrons. The van der Waals surface area contributed by atoms with Gasteiger partial charge in [0.1, 0.15) is 11.3 Å². The number of sulfonamides is 1. The molecule has 0 amide bonds. The van der Waals surface area contributed by atoms with Crippen LogP contribution in [0.4, 0.5) is 0 Å². The molecule has 1 heterocycles. The van der Waals surface area contributed by atoms with Crippen LogP contribution >= 0.6 is 0 Å². The summed E-state index contributed by atoms with van der Waals surface area (Å²) in [5.74, 6) is 0.565. The van der Waals surface area contributed by atoms with Gasteiger partial charge in [-0.3, -0.25) is 4.98 Å². The van der Waals surface area contributed by atoms with E-state index in [0.29, 0.717) is 29.7 Å². The molecule has 6 nitrogen and oxygen atoms in total. The van der Waals surface area contributed by atoms with E-state index >= 15 is 0 Å². The molecule has 27 heavy (non-hydrogen) atoms. The van der Waals surface area contributed by atoms with Gasteiger partial charge in [-0.15, -0.1) is 0 Å². The van der Waals surface area contributed by atoms with Crippen LogP contribution in [-0.4, -0.2) is 51.6 Å². The van der Waals surface area contributed by atoms with E-state index in [9.17, 15) is 8.42 Å². The van der Waals surface area contributed by atoms with Crippen molar-refractivity contribution in [2.75, 3.05) is 33.3 Å². The second-order valence-corrected chi connectivity index (χ2v) is 8.35. The summed E-state index contributed by atoms with van der Waals surface area (Å²) in [6, 6.07) is 6.72. The maximum atomic E-state index is 12.9. The topological polar surface area (TPSA) is 71.5 Å². The number of nitrogens with one attached hydrogen (secondary N) is 1. The van der Waals surface area contributed by atoms with Crippen LogP contribution in [0.3, 0.4) is 0 Å². The highest BCUT2D eigenvalue weighted by atomic mass is 32.2. The highest BCUT2D eigenvalue weighted by Crippen LogP contribution is 2.28. The smallest absolute Gasteiger partial charge is 0.241 e.